The zero-order valence-electron chi connectivity index (χ0n) is 12.0. The maximum atomic E-state index is 12.3. The summed E-state index contributed by atoms with van der Waals surface area (Å²) >= 11 is 0. The Morgan fingerprint density at radius 3 is 2.76 bits per heavy atom. The SMILES string of the molecule is NCC1CCCCC1C(=O)NCc1cccc(C(=O)O)c1. The van der Waals surface area contributed by atoms with Crippen molar-refractivity contribution < 1.29 is 14.7 Å². The summed E-state index contributed by atoms with van der Waals surface area (Å²) in [5, 5.41) is 11.9. The molecule has 5 nitrogen and oxygen atoms in total. The molecule has 0 saturated heterocycles. The van der Waals surface area contributed by atoms with E-state index in [2.05, 4.69) is 5.32 Å². The fraction of sp³-hybridized carbons (Fsp3) is 0.500. The monoisotopic (exact) mass is 290 g/mol. The number of carboxylic acid groups (broad SMARTS) is 1. The quantitative estimate of drug-likeness (QED) is 0.770. The molecule has 1 fully saturated rings. The highest BCUT2D eigenvalue weighted by molar-refractivity contribution is 5.87. The lowest BCUT2D eigenvalue weighted by Crippen LogP contribution is -2.39. The van der Waals surface area contributed by atoms with Crippen LogP contribution in [0.2, 0.25) is 0 Å². The fourth-order valence-electron chi connectivity index (χ4n) is 2.97. The third kappa shape index (κ3) is 4.04. The van der Waals surface area contributed by atoms with Gasteiger partial charge in [0.05, 0.1) is 5.56 Å². The third-order valence-electron chi connectivity index (χ3n) is 4.19. The van der Waals surface area contributed by atoms with Crippen LogP contribution in [0.25, 0.3) is 0 Å². The molecule has 2 rings (SSSR count). The van der Waals surface area contributed by atoms with Crippen molar-refractivity contribution in [2.24, 2.45) is 17.6 Å². The summed E-state index contributed by atoms with van der Waals surface area (Å²) in [6.07, 6.45) is 4.13. The first kappa shape index (κ1) is 15.5. The van der Waals surface area contributed by atoms with Crippen LogP contribution in [-0.2, 0) is 11.3 Å². The minimum Gasteiger partial charge on any atom is -0.478 e. The molecule has 2 unspecified atom stereocenters. The van der Waals surface area contributed by atoms with Gasteiger partial charge in [-0.1, -0.05) is 25.0 Å². The second kappa shape index (κ2) is 7.22. The number of rotatable bonds is 5. The average Bonchev–Trinajstić information content (AvgIpc) is 2.52. The number of hydrogen-bond donors (Lipinski definition) is 3. The Hall–Kier alpha value is -1.88. The lowest BCUT2D eigenvalue weighted by atomic mass is 9.79. The van der Waals surface area contributed by atoms with Crippen LogP contribution in [0, 0.1) is 11.8 Å². The minimum absolute atomic E-state index is 0.00796. The van der Waals surface area contributed by atoms with E-state index in [9.17, 15) is 9.59 Å². The van der Waals surface area contributed by atoms with Crippen molar-refractivity contribution in [1.29, 1.82) is 0 Å². The minimum atomic E-state index is -0.960. The van der Waals surface area contributed by atoms with Gasteiger partial charge in [-0.05, 0) is 43.0 Å². The van der Waals surface area contributed by atoms with Crippen molar-refractivity contribution in [3.05, 3.63) is 35.4 Å². The molecule has 1 aliphatic carbocycles. The standard InChI is InChI=1S/C16H22N2O3/c17-9-13-5-1-2-7-14(13)15(19)18-10-11-4-3-6-12(8-11)16(20)21/h3-4,6,8,13-14H,1-2,5,7,9-10,17H2,(H,18,19)(H,20,21). The van der Waals surface area contributed by atoms with Gasteiger partial charge in [0, 0.05) is 12.5 Å². The molecule has 1 aromatic carbocycles. The molecule has 1 saturated carbocycles. The number of nitrogens with one attached hydrogen (secondary N) is 1. The molecule has 2 atom stereocenters. The zero-order valence-corrected chi connectivity index (χ0v) is 12.0. The summed E-state index contributed by atoms with van der Waals surface area (Å²) in [6.45, 7) is 0.903. The molecule has 1 aliphatic rings. The Morgan fingerprint density at radius 2 is 2.05 bits per heavy atom. The number of benzene rings is 1. The molecule has 114 valence electrons. The lowest BCUT2D eigenvalue weighted by Gasteiger charge is -2.29. The Morgan fingerprint density at radius 1 is 1.29 bits per heavy atom. The van der Waals surface area contributed by atoms with E-state index in [0.29, 0.717) is 13.1 Å². The topological polar surface area (TPSA) is 92.4 Å². The molecule has 4 N–H and O–H groups in total. The third-order valence-corrected chi connectivity index (χ3v) is 4.19. The van der Waals surface area contributed by atoms with E-state index in [1.54, 1.807) is 18.2 Å². The van der Waals surface area contributed by atoms with Crippen LogP contribution in [-0.4, -0.2) is 23.5 Å². The first-order chi connectivity index (χ1) is 10.1. The summed E-state index contributed by atoms with van der Waals surface area (Å²) in [7, 11) is 0. The summed E-state index contributed by atoms with van der Waals surface area (Å²) in [5.74, 6) is -0.667. The Labute approximate surface area is 124 Å². The smallest absolute Gasteiger partial charge is 0.335 e. The Balaban J connectivity index is 1.94. The predicted molar refractivity (Wildman–Crippen MR) is 79.8 cm³/mol. The van der Waals surface area contributed by atoms with Gasteiger partial charge in [-0.2, -0.15) is 0 Å². The Bertz CT molecular complexity index is 516. The molecular formula is C16H22N2O3. The van der Waals surface area contributed by atoms with Gasteiger partial charge in [-0.3, -0.25) is 4.79 Å². The highest BCUT2D eigenvalue weighted by Crippen LogP contribution is 2.29. The molecular weight excluding hydrogens is 268 g/mol. The van der Waals surface area contributed by atoms with Gasteiger partial charge in [0.15, 0.2) is 0 Å². The maximum absolute atomic E-state index is 12.3. The molecule has 0 radical (unpaired) electrons. The maximum Gasteiger partial charge on any atom is 0.335 e. The first-order valence-corrected chi connectivity index (χ1v) is 7.42. The molecule has 1 aromatic rings. The van der Waals surface area contributed by atoms with E-state index in [0.717, 1.165) is 31.2 Å². The van der Waals surface area contributed by atoms with Gasteiger partial charge < -0.3 is 16.2 Å². The summed E-state index contributed by atoms with van der Waals surface area (Å²) in [4.78, 5) is 23.2. The summed E-state index contributed by atoms with van der Waals surface area (Å²) in [5.41, 5.74) is 6.78. The van der Waals surface area contributed by atoms with Crippen molar-refractivity contribution in [2.75, 3.05) is 6.54 Å². The van der Waals surface area contributed by atoms with Crippen LogP contribution in [0.3, 0.4) is 0 Å². The van der Waals surface area contributed by atoms with Crippen molar-refractivity contribution in [3.8, 4) is 0 Å². The van der Waals surface area contributed by atoms with E-state index in [1.165, 1.54) is 0 Å². The molecule has 0 aromatic heterocycles. The van der Waals surface area contributed by atoms with Crippen LogP contribution in [0.5, 0.6) is 0 Å². The summed E-state index contributed by atoms with van der Waals surface area (Å²) < 4.78 is 0. The van der Waals surface area contributed by atoms with Crippen LogP contribution < -0.4 is 11.1 Å². The molecule has 5 heteroatoms. The second-order valence-electron chi connectivity index (χ2n) is 5.61. The van der Waals surface area contributed by atoms with Crippen molar-refractivity contribution in [2.45, 2.75) is 32.2 Å². The number of carbonyl (C=O) groups is 2. The van der Waals surface area contributed by atoms with Crippen molar-refractivity contribution in [3.63, 3.8) is 0 Å². The number of carboxylic acids is 1. The number of carbonyl (C=O) groups excluding carboxylic acids is 1. The van der Waals surface area contributed by atoms with Crippen LogP contribution in [0.1, 0.15) is 41.6 Å². The van der Waals surface area contributed by atoms with Gasteiger partial charge >= 0.3 is 5.97 Å². The van der Waals surface area contributed by atoms with Gasteiger partial charge in [-0.25, -0.2) is 4.79 Å². The van der Waals surface area contributed by atoms with Gasteiger partial charge in [0.25, 0.3) is 0 Å². The largest absolute Gasteiger partial charge is 0.478 e. The van der Waals surface area contributed by atoms with Crippen molar-refractivity contribution >= 4 is 11.9 Å². The molecule has 0 heterocycles. The zero-order chi connectivity index (χ0) is 15.2. The average molecular weight is 290 g/mol. The highest BCUT2D eigenvalue weighted by Gasteiger charge is 2.29. The number of hydrogen-bond acceptors (Lipinski definition) is 3. The molecule has 21 heavy (non-hydrogen) atoms. The molecule has 1 amide bonds. The van der Waals surface area contributed by atoms with Gasteiger partial charge in [0.2, 0.25) is 5.91 Å². The predicted octanol–water partition coefficient (Wildman–Crippen LogP) is 1.77. The molecule has 0 spiro atoms. The van der Waals surface area contributed by atoms with Crippen LogP contribution in [0.4, 0.5) is 0 Å². The second-order valence-corrected chi connectivity index (χ2v) is 5.61. The lowest BCUT2D eigenvalue weighted by molar-refractivity contribution is -0.127. The number of amides is 1. The number of nitrogens with two attached hydrogens (primary N) is 1. The molecule has 0 aliphatic heterocycles. The normalized spacial score (nSPS) is 21.8. The van der Waals surface area contributed by atoms with E-state index in [4.69, 9.17) is 10.8 Å². The van der Waals surface area contributed by atoms with Gasteiger partial charge in [-0.15, -0.1) is 0 Å². The van der Waals surface area contributed by atoms with E-state index >= 15 is 0 Å². The number of aromatic carboxylic acids is 1. The Kier molecular flexibility index (Phi) is 5.33. The van der Waals surface area contributed by atoms with Crippen LogP contribution in [0.15, 0.2) is 24.3 Å². The van der Waals surface area contributed by atoms with Crippen molar-refractivity contribution in [1.82, 2.24) is 5.32 Å². The van der Waals surface area contributed by atoms with Gasteiger partial charge in [0.1, 0.15) is 0 Å². The van der Waals surface area contributed by atoms with E-state index in [1.807, 2.05) is 6.07 Å². The fourth-order valence-corrected chi connectivity index (χ4v) is 2.97. The highest BCUT2D eigenvalue weighted by atomic mass is 16.4. The van der Waals surface area contributed by atoms with E-state index in [-0.39, 0.29) is 23.3 Å². The first-order valence-electron chi connectivity index (χ1n) is 7.42. The summed E-state index contributed by atoms with van der Waals surface area (Å²) in [6, 6.07) is 6.63. The van der Waals surface area contributed by atoms with Crippen LogP contribution >= 0.6 is 0 Å². The molecule has 0 bridgehead atoms. The van der Waals surface area contributed by atoms with E-state index < -0.39 is 5.97 Å².